The van der Waals surface area contributed by atoms with Crippen molar-refractivity contribution in [1.29, 1.82) is 0 Å². The molecule has 1 aliphatic rings. The van der Waals surface area contributed by atoms with Crippen molar-refractivity contribution in [2.24, 2.45) is 5.73 Å². The Kier molecular flexibility index (Phi) is 3.61. The van der Waals surface area contributed by atoms with E-state index in [9.17, 15) is 5.11 Å². The minimum Gasteiger partial charge on any atom is -0.506 e. The van der Waals surface area contributed by atoms with Crippen molar-refractivity contribution < 1.29 is 5.11 Å². The van der Waals surface area contributed by atoms with E-state index in [-0.39, 0.29) is 5.54 Å². The second kappa shape index (κ2) is 4.97. The molecule has 0 aromatic heterocycles. The smallest absolute Gasteiger partial charge is 0.138 e. The number of benzene rings is 1. The molecule has 1 heterocycles. The summed E-state index contributed by atoms with van der Waals surface area (Å²) in [6.45, 7) is 0.605. The highest BCUT2D eigenvalue weighted by molar-refractivity contribution is 7.99. The SMILES string of the molecule is NCC1(Nc2ccccc2O)CCCSC1. The Hall–Kier alpha value is -0.870. The molecule has 1 atom stereocenters. The molecule has 0 spiro atoms. The predicted molar refractivity (Wildman–Crippen MR) is 70.1 cm³/mol. The fraction of sp³-hybridized carbons (Fsp3) is 0.500. The number of aromatic hydroxyl groups is 1. The highest BCUT2D eigenvalue weighted by Crippen LogP contribution is 2.32. The minimum absolute atomic E-state index is 0.0538. The van der Waals surface area contributed by atoms with Gasteiger partial charge in [-0.3, -0.25) is 0 Å². The van der Waals surface area contributed by atoms with E-state index >= 15 is 0 Å². The number of hydrogen-bond donors (Lipinski definition) is 3. The third-order valence-corrected chi connectivity index (χ3v) is 4.35. The molecule has 1 saturated heterocycles. The van der Waals surface area contributed by atoms with E-state index in [2.05, 4.69) is 5.32 Å². The normalized spacial score (nSPS) is 25.3. The van der Waals surface area contributed by atoms with Gasteiger partial charge in [-0.2, -0.15) is 11.8 Å². The Morgan fingerprint density at radius 2 is 2.25 bits per heavy atom. The van der Waals surface area contributed by atoms with Crippen molar-refractivity contribution in [2.45, 2.75) is 18.4 Å². The first kappa shape index (κ1) is 11.6. The number of phenols is 1. The molecule has 3 nitrogen and oxygen atoms in total. The summed E-state index contributed by atoms with van der Waals surface area (Å²) in [6, 6.07) is 7.34. The van der Waals surface area contributed by atoms with Crippen LogP contribution in [0, 0.1) is 0 Å². The molecule has 1 fully saturated rings. The van der Waals surface area contributed by atoms with Crippen LogP contribution < -0.4 is 11.1 Å². The summed E-state index contributed by atoms with van der Waals surface area (Å²) in [5.74, 6) is 2.52. The molecule has 0 aliphatic carbocycles. The molecule has 0 saturated carbocycles. The summed E-state index contributed by atoms with van der Waals surface area (Å²) in [4.78, 5) is 0. The zero-order valence-corrected chi connectivity index (χ0v) is 10.1. The van der Waals surface area contributed by atoms with Gasteiger partial charge in [-0.15, -0.1) is 0 Å². The molecule has 1 aliphatic heterocycles. The van der Waals surface area contributed by atoms with Crippen LogP contribution in [0.25, 0.3) is 0 Å². The number of nitrogens with two attached hydrogens (primary N) is 1. The zero-order valence-electron chi connectivity index (χ0n) is 9.28. The fourth-order valence-corrected chi connectivity index (χ4v) is 3.25. The second-order valence-electron chi connectivity index (χ2n) is 4.28. The highest BCUT2D eigenvalue weighted by Gasteiger charge is 2.31. The van der Waals surface area contributed by atoms with Crippen LogP contribution in [0.4, 0.5) is 5.69 Å². The molecule has 0 bridgehead atoms. The van der Waals surface area contributed by atoms with Crippen molar-refractivity contribution in [2.75, 3.05) is 23.4 Å². The maximum Gasteiger partial charge on any atom is 0.138 e. The molecule has 0 amide bonds. The Morgan fingerprint density at radius 3 is 2.88 bits per heavy atom. The number of rotatable bonds is 3. The van der Waals surface area contributed by atoms with Crippen LogP contribution in [-0.4, -0.2) is 28.7 Å². The monoisotopic (exact) mass is 238 g/mol. The standard InChI is InChI=1S/C12H18N2OS/c13-8-12(6-3-7-16-9-12)14-10-4-1-2-5-11(10)15/h1-2,4-5,14-15H,3,6-9,13H2. The van der Waals surface area contributed by atoms with Crippen molar-refractivity contribution in [3.8, 4) is 5.75 Å². The summed E-state index contributed by atoms with van der Waals surface area (Å²) in [6.07, 6.45) is 2.26. The van der Waals surface area contributed by atoms with E-state index in [1.54, 1.807) is 6.07 Å². The molecule has 2 rings (SSSR count). The molecule has 1 unspecified atom stereocenters. The van der Waals surface area contributed by atoms with Gasteiger partial charge in [0.1, 0.15) is 5.75 Å². The van der Waals surface area contributed by atoms with Crippen molar-refractivity contribution in [3.63, 3.8) is 0 Å². The lowest BCUT2D eigenvalue weighted by molar-refractivity contribution is 0.456. The fourth-order valence-electron chi connectivity index (χ4n) is 2.03. The van der Waals surface area contributed by atoms with Gasteiger partial charge in [-0.05, 0) is 30.7 Å². The lowest BCUT2D eigenvalue weighted by Gasteiger charge is -2.37. The minimum atomic E-state index is -0.0538. The summed E-state index contributed by atoms with van der Waals surface area (Å²) in [5.41, 5.74) is 6.61. The average Bonchev–Trinajstić information content (AvgIpc) is 2.33. The topological polar surface area (TPSA) is 58.3 Å². The van der Waals surface area contributed by atoms with Gasteiger partial charge < -0.3 is 16.2 Å². The summed E-state index contributed by atoms with van der Waals surface area (Å²) >= 11 is 1.93. The Morgan fingerprint density at radius 1 is 1.44 bits per heavy atom. The largest absolute Gasteiger partial charge is 0.506 e. The third kappa shape index (κ3) is 2.44. The first-order valence-electron chi connectivity index (χ1n) is 5.60. The van der Waals surface area contributed by atoms with Crippen molar-refractivity contribution >= 4 is 17.4 Å². The van der Waals surface area contributed by atoms with E-state index in [4.69, 9.17) is 5.73 Å². The number of hydrogen-bond acceptors (Lipinski definition) is 4. The van der Waals surface area contributed by atoms with Gasteiger partial charge in [0.15, 0.2) is 0 Å². The maximum atomic E-state index is 9.74. The van der Waals surface area contributed by atoms with Crippen LogP contribution in [0.15, 0.2) is 24.3 Å². The number of phenolic OH excluding ortho intramolecular Hbond substituents is 1. The summed E-state index contributed by atoms with van der Waals surface area (Å²) in [5, 5.41) is 13.2. The lowest BCUT2D eigenvalue weighted by atomic mass is 9.95. The van der Waals surface area contributed by atoms with E-state index < -0.39 is 0 Å². The van der Waals surface area contributed by atoms with Crippen LogP contribution in [-0.2, 0) is 0 Å². The molecule has 16 heavy (non-hydrogen) atoms. The highest BCUT2D eigenvalue weighted by atomic mass is 32.2. The molecular formula is C12H18N2OS. The van der Waals surface area contributed by atoms with E-state index in [1.807, 2.05) is 30.0 Å². The van der Waals surface area contributed by atoms with Gasteiger partial charge in [-0.1, -0.05) is 12.1 Å². The zero-order chi connectivity index (χ0) is 11.4. The second-order valence-corrected chi connectivity index (χ2v) is 5.39. The Balaban J connectivity index is 2.15. The van der Waals surface area contributed by atoms with Gasteiger partial charge in [-0.25, -0.2) is 0 Å². The molecule has 1 aromatic rings. The predicted octanol–water partition coefficient (Wildman–Crippen LogP) is 2.03. The number of nitrogens with one attached hydrogen (secondary N) is 1. The first-order valence-corrected chi connectivity index (χ1v) is 6.75. The molecule has 4 heteroatoms. The molecule has 0 radical (unpaired) electrons. The van der Waals surface area contributed by atoms with E-state index in [1.165, 1.54) is 12.2 Å². The van der Waals surface area contributed by atoms with Crippen LogP contribution in [0.5, 0.6) is 5.75 Å². The maximum absolute atomic E-state index is 9.74. The average molecular weight is 238 g/mol. The van der Waals surface area contributed by atoms with Gasteiger partial charge in [0.2, 0.25) is 0 Å². The van der Waals surface area contributed by atoms with E-state index in [0.717, 1.165) is 17.9 Å². The van der Waals surface area contributed by atoms with Crippen LogP contribution in [0.2, 0.25) is 0 Å². The van der Waals surface area contributed by atoms with Crippen LogP contribution >= 0.6 is 11.8 Å². The number of thioether (sulfide) groups is 1. The molecule has 1 aromatic carbocycles. The van der Waals surface area contributed by atoms with Crippen LogP contribution in [0.1, 0.15) is 12.8 Å². The Bertz CT molecular complexity index is 351. The third-order valence-electron chi connectivity index (χ3n) is 3.02. The Labute approximate surface area is 100 Å². The number of anilines is 1. The summed E-state index contributed by atoms with van der Waals surface area (Å²) in [7, 11) is 0. The van der Waals surface area contributed by atoms with Gasteiger partial charge in [0.05, 0.1) is 11.2 Å². The first-order chi connectivity index (χ1) is 7.76. The van der Waals surface area contributed by atoms with Gasteiger partial charge in [0.25, 0.3) is 0 Å². The van der Waals surface area contributed by atoms with Crippen LogP contribution in [0.3, 0.4) is 0 Å². The quantitative estimate of drug-likeness (QED) is 0.705. The molecule has 88 valence electrons. The molecule has 4 N–H and O–H groups in total. The molecular weight excluding hydrogens is 220 g/mol. The summed E-state index contributed by atoms with van der Waals surface area (Å²) < 4.78 is 0. The lowest BCUT2D eigenvalue weighted by Crippen LogP contribution is -2.49. The van der Waals surface area contributed by atoms with Crippen molar-refractivity contribution in [1.82, 2.24) is 0 Å². The van der Waals surface area contributed by atoms with Crippen molar-refractivity contribution in [3.05, 3.63) is 24.3 Å². The van der Waals surface area contributed by atoms with E-state index in [0.29, 0.717) is 12.3 Å². The number of para-hydroxylation sites is 2. The van der Waals surface area contributed by atoms with Gasteiger partial charge in [0, 0.05) is 12.3 Å². The van der Waals surface area contributed by atoms with Gasteiger partial charge >= 0.3 is 0 Å².